The molecule has 0 radical (unpaired) electrons. The molecule has 2 aromatic rings. The zero-order chi connectivity index (χ0) is 13.7. The molecule has 5 nitrogen and oxygen atoms in total. The Morgan fingerprint density at radius 2 is 2.21 bits per heavy atom. The molecule has 0 aliphatic rings. The van der Waals surface area contributed by atoms with Crippen LogP contribution in [0.1, 0.15) is 11.9 Å². The molecule has 1 aromatic heterocycles. The molecular formula is C12H14BrN3O2S. The van der Waals surface area contributed by atoms with Gasteiger partial charge in [0.1, 0.15) is 16.5 Å². The van der Waals surface area contributed by atoms with Crippen LogP contribution in [0, 0.1) is 0 Å². The van der Waals surface area contributed by atoms with Crippen LogP contribution in [0.4, 0.5) is 0 Å². The highest BCUT2D eigenvalue weighted by Crippen LogP contribution is 2.33. The monoisotopic (exact) mass is 343 g/mol. The lowest BCUT2D eigenvalue weighted by Crippen LogP contribution is -2.11. The third kappa shape index (κ3) is 3.89. The van der Waals surface area contributed by atoms with Gasteiger partial charge in [0.05, 0.1) is 11.6 Å². The summed E-state index contributed by atoms with van der Waals surface area (Å²) in [6.45, 7) is 3.66. The van der Waals surface area contributed by atoms with Crippen LogP contribution in [0.25, 0.3) is 0 Å². The van der Waals surface area contributed by atoms with Gasteiger partial charge < -0.3 is 14.8 Å². The summed E-state index contributed by atoms with van der Waals surface area (Å²) in [6, 6.07) is 5.50. The molecule has 0 aliphatic carbocycles. The number of methoxy groups -OCH3 is 1. The zero-order valence-electron chi connectivity index (χ0n) is 10.6. The van der Waals surface area contributed by atoms with Gasteiger partial charge in [0.25, 0.3) is 5.19 Å². The second-order valence-corrected chi connectivity index (χ2v) is 5.52. The van der Waals surface area contributed by atoms with Gasteiger partial charge in [-0.2, -0.15) is 0 Å². The molecular weight excluding hydrogens is 330 g/mol. The van der Waals surface area contributed by atoms with Crippen molar-refractivity contribution in [3.63, 3.8) is 0 Å². The Morgan fingerprint density at radius 1 is 1.37 bits per heavy atom. The second kappa shape index (κ2) is 6.83. The van der Waals surface area contributed by atoms with Crippen molar-refractivity contribution in [3.05, 3.63) is 27.7 Å². The topological polar surface area (TPSA) is 56.3 Å². The van der Waals surface area contributed by atoms with E-state index in [1.54, 1.807) is 7.11 Å². The summed E-state index contributed by atoms with van der Waals surface area (Å²) >= 11 is 4.86. The summed E-state index contributed by atoms with van der Waals surface area (Å²) in [6.07, 6.45) is 0. The first-order valence-electron chi connectivity index (χ1n) is 5.77. The summed E-state index contributed by atoms with van der Waals surface area (Å²) in [5, 5.41) is 12.7. The van der Waals surface area contributed by atoms with Crippen molar-refractivity contribution >= 4 is 27.3 Å². The highest BCUT2D eigenvalue weighted by molar-refractivity contribution is 9.10. The van der Waals surface area contributed by atoms with Crippen molar-refractivity contribution in [1.82, 2.24) is 15.5 Å². The van der Waals surface area contributed by atoms with Gasteiger partial charge in [0, 0.05) is 6.54 Å². The predicted molar refractivity (Wildman–Crippen MR) is 78.1 cm³/mol. The van der Waals surface area contributed by atoms with Crippen LogP contribution in [0.15, 0.2) is 22.7 Å². The summed E-state index contributed by atoms with van der Waals surface area (Å²) in [4.78, 5) is 0. The summed E-state index contributed by atoms with van der Waals surface area (Å²) in [5.41, 5.74) is 0. The third-order valence-electron chi connectivity index (χ3n) is 2.31. The maximum Gasteiger partial charge on any atom is 0.299 e. The minimum absolute atomic E-state index is 0.527. The number of hydrogen-bond acceptors (Lipinski definition) is 6. The van der Waals surface area contributed by atoms with E-state index in [1.165, 1.54) is 11.3 Å². The summed E-state index contributed by atoms with van der Waals surface area (Å²) < 4.78 is 11.6. The van der Waals surface area contributed by atoms with Gasteiger partial charge in [0.15, 0.2) is 0 Å². The first kappa shape index (κ1) is 14.2. The van der Waals surface area contributed by atoms with Gasteiger partial charge in [-0.15, -0.1) is 5.10 Å². The lowest BCUT2D eigenvalue weighted by Gasteiger charge is -2.05. The Labute approximate surface area is 124 Å². The van der Waals surface area contributed by atoms with Crippen molar-refractivity contribution in [3.8, 4) is 16.7 Å². The molecule has 1 N–H and O–H groups in total. The molecule has 2 rings (SSSR count). The molecule has 0 amide bonds. The molecule has 7 heteroatoms. The van der Waals surface area contributed by atoms with E-state index in [2.05, 4.69) is 31.4 Å². The molecule has 0 saturated carbocycles. The Morgan fingerprint density at radius 3 is 2.89 bits per heavy atom. The summed E-state index contributed by atoms with van der Waals surface area (Å²) in [7, 11) is 1.63. The molecule has 102 valence electrons. The van der Waals surface area contributed by atoms with Crippen LogP contribution in [-0.2, 0) is 6.54 Å². The van der Waals surface area contributed by atoms with E-state index in [0.717, 1.165) is 21.8 Å². The lowest BCUT2D eigenvalue weighted by molar-refractivity contribution is 0.412. The Balaban J connectivity index is 2.06. The number of nitrogens with one attached hydrogen (secondary N) is 1. The van der Waals surface area contributed by atoms with Crippen molar-refractivity contribution in [2.75, 3.05) is 13.7 Å². The number of nitrogens with zero attached hydrogens (tertiary/aromatic N) is 2. The lowest BCUT2D eigenvalue weighted by atomic mass is 10.3. The minimum Gasteiger partial charge on any atom is -0.497 e. The Kier molecular flexibility index (Phi) is 5.12. The minimum atomic E-state index is 0.527. The number of benzene rings is 1. The normalized spacial score (nSPS) is 10.5. The van der Waals surface area contributed by atoms with Gasteiger partial charge in [-0.1, -0.05) is 23.4 Å². The van der Waals surface area contributed by atoms with Crippen molar-refractivity contribution in [1.29, 1.82) is 0 Å². The van der Waals surface area contributed by atoms with Crippen LogP contribution in [0.2, 0.25) is 0 Å². The first-order chi connectivity index (χ1) is 9.22. The quantitative estimate of drug-likeness (QED) is 0.872. The van der Waals surface area contributed by atoms with E-state index in [9.17, 15) is 0 Å². The van der Waals surface area contributed by atoms with Crippen LogP contribution < -0.4 is 14.8 Å². The molecule has 0 atom stereocenters. The first-order valence-corrected chi connectivity index (χ1v) is 7.38. The maximum atomic E-state index is 5.68. The van der Waals surface area contributed by atoms with E-state index in [1.807, 2.05) is 25.1 Å². The fraction of sp³-hybridized carbons (Fsp3) is 0.333. The van der Waals surface area contributed by atoms with E-state index in [0.29, 0.717) is 17.5 Å². The summed E-state index contributed by atoms with van der Waals surface area (Å²) in [5.74, 6) is 1.45. The standard InChI is InChI=1S/C12H14BrN3O2S/c1-3-14-7-11-15-16-12(19-11)18-10-5-4-8(17-2)6-9(10)13/h4-6,14H,3,7H2,1-2H3. The molecule has 1 heterocycles. The van der Waals surface area contributed by atoms with Crippen LogP contribution in [0.3, 0.4) is 0 Å². The molecule has 0 fully saturated rings. The van der Waals surface area contributed by atoms with Gasteiger partial charge >= 0.3 is 0 Å². The largest absolute Gasteiger partial charge is 0.497 e. The number of ether oxygens (including phenoxy) is 2. The number of hydrogen-bond donors (Lipinski definition) is 1. The van der Waals surface area contributed by atoms with Crippen LogP contribution in [0.5, 0.6) is 16.7 Å². The molecule has 1 aromatic carbocycles. The molecule has 0 aliphatic heterocycles. The molecule has 0 saturated heterocycles. The number of halogens is 1. The number of rotatable bonds is 6. The van der Waals surface area contributed by atoms with Gasteiger partial charge in [-0.05, 0) is 40.7 Å². The highest BCUT2D eigenvalue weighted by atomic mass is 79.9. The van der Waals surface area contributed by atoms with E-state index >= 15 is 0 Å². The van der Waals surface area contributed by atoms with Gasteiger partial charge in [-0.25, -0.2) is 0 Å². The van der Waals surface area contributed by atoms with Crippen molar-refractivity contribution in [2.45, 2.75) is 13.5 Å². The average molecular weight is 344 g/mol. The molecule has 0 bridgehead atoms. The van der Waals surface area contributed by atoms with Crippen molar-refractivity contribution in [2.24, 2.45) is 0 Å². The SMILES string of the molecule is CCNCc1nnc(Oc2ccc(OC)cc2Br)s1. The fourth-order valence-electron chi connectivity index (χ4n) is 1.37. The number of aromatic nitrogens is 2. The van der Waals surface area contributed by atoms with E-state index in [4.69, 9.17) is 9.47 Å². The Bertz CT molecular complexity index is 548. The van der Waals surface area contributed by atoms with Crippen molar-refractivity contribution < 1.29 is 9.47 Å². The smallest absolute Gasteiger partial charge is 0.299 e. The second-order valence-electron chi connectivity index (χ2n) is 3.64. The molecule has 0 spiro atoms. The van der Waals surface area contributed by atoms with E-state index in [-0.39, 0.29) is 0 Å². The maximum absolute atomic E-state index is 5.68. The highest BCUT2D eigenvalue weighted by Gasteiger charge is 2.09. The average Bonchev–Trinajstić information content (AvgIpc) is 2.86. The fourth-order valence-corrected chi connectivity index (χ4v) is 2.48. The Hall–Kier alpha value is -1.18. The third-order valence-corrected chi connectivity index (χ3v) is 3.73. The van der Waals surface area contributed by atoms with Gasteiger partial charge in [0.2, 0.25) is 0 Å². The molecule has 0 unspecified atom stereocenters. The molecule has 19 heavy (non-hydrogen) atoms. The predicted octanol–water partition coefficient (Wildman–Crippen LogP) is 3.21. The van der Waals surface area contributed by atoms with E-state index < -0.39 is 0 Å². The van der Waals surface area contributed by atoms with Crippen LogP contribution >= 0.6 is 27.3 Å². The zero-order valence-corrected chi connectivity index (χ0v) is 13.0. The van der Waals surface area contributed by atoms with Crippen LogP contribution in [-0.4, -0.2) is 23.9 Å². The van der Waals surface area contributed by atoms with Gasteiger partial charge in [-0.3, -0.25) is 0 Å².